The van der Waals surface area contributed by atoms with Gasteiger partial charge in [-0.1, -0.05) is 6.07 Å². The van der Waals surface area contributed by atoms with Gasteiger partial charge in [0.15, 0.2) is 0 Å². The number of hydrogen-bond acceptors (Lipinski definition) is 4. The maximum absolute atomic E-state index is 13.5. The lowest BCUT2D eigenvalue weighted by atomic mass is 10.2. The molecule has 4 nitrogen and oxygen atoms in total. The largest absolute Gasteiger partial charge is 0.478 e. The third kappa shape index (κ3) is 3.63. The van der Waals surface area contributed by atoms with Gasteiger partial charge in [-0.25, -0.2) is 13.8 Å². The first-order valence-electron chi connectivity index (χ1n) is 6.24. The standard InChI is InChI=1S/C14H15F2N3O/c1-3-20-13-6-9(2)18-14(19-13)17-8-10-4-5-11(15)7-12(10)16/h4-7H,3,8H2,1-2H3,(H,17,18,19). The van der Waals surface area contributed by atoms with Crippen LogP contribution in [0, 0.1) is 18.6 Å². The third-order valence-electron chi connectivity index (χ3n) is 2.57. The molecule has 0 radical (unpaired) electrons. The van der Waals surface area contributed by atoms with Gasteiger partial charge in [-0.2, -0.15) is 4.98 Å². The van der Waals surface area contributed by atoms with Crippen LogP contribution in [0.1, 0.15) is 18.2 Å². The number of rotatable bonds is 5. The number of benzene rings is 1. The number of halogens is 2. The highest BCUT2D eigenvalue weighted by atomic mass is 19.1. The van der Waals surface area contributed by atoms with E-state index in [1.54, 1.807) is 6.07 Å². The van der Waals surface area contributed by atoms with Gasteiger partial charge in [0.05, 0.1) is 6.61 Å². The van der Waals surface area contributed by atoms with Gasteiger partial charge >= 0.3 is 0 Å². The van der Waals surface area contributed by atoms with Gasteiger partial charge < -0.3 is 10.1 Å². The minimum atomic E-state index is -0.602. The molecule has 0 atom stereocenters. The Morgan fingerprint density at radius 1 is 1.20 bits per heavy atom. The van der Waals surface area contributed by atoms with E-state index in [4.69, 9.17) is 4.74 Å². The summed E-state index contributed by atoms with van der Waals surface area (Å²) < 4.78 is 31.6. The van der Waals surface area contributed by atoms with Crippen LogP contribution in [0.5, 0.6) is 5.88 Å². The van der Waals surface area contributed by atoms with E-state index in [0.29, 0.717) is 24.0 Å². The lowest BCUT2D eigenvalue weighted by Crippen LogP contribution is -2.07. The molecular weight excluding hydrogens is 264 g/mol. The Hall–Kier alpha value is -2.24. The number of nitrogens with zero attached hydrogens (tertiary/aromatic N) is 2. The first-order chi connectivity index (χ1) is 9.58. The summed E-state index contributed by atoms with van der Waals surface area (Å²) in [7, 11) is 0. The molecule has 2 aromatic rings. The zero-order chi connectivity index (χ0) is 14.5. The van der Waals surface area contributed by atoms with Crippen molar-refractivity contribution in [2.24, 2.45) is 0 Å². The number of ether oxygens (including phenoxy) is 1. The number of aromatic nitrogens is 2. The van der Waals surface area contributed by atoms with Crippen molar-refractivity contribution in [1.29, 1.82) is 0 Å². The van der Waals surface area contributed by atoms with E-state index in [1.165, 1.54) is 12.1 Å². The molecule has 0 aliphatic rings. The van der Waals surface area contributed by atoms with Gasteiger partial charge in [0, 0.05) is 29.9 Å². The fourth-order valence-corrected chi connectivity index (χ4v) is 1.68. The van der Waals surface area contributed by atoms with Gasteiger partial charge in [-0.15, -0.1) is 0 Å². The summed E-state index contributed by atoms with van der Waals surface area (Å²) in [4.78, 5) is 8.32. The molecule has 2 rings (SSSR count). The van der Waals surface area contributed by atoms with Crippen molar-refractivity contribution in [3.63, 3.8) is 0 Å². The predicted octanol–water partition coefficient (Wildman–Crippen LogP) is 3.07. The zero-order valence-electron chi connectivity index (χ0n) is 11.3. The van der Waals surface area contributed by atoms with Crippen molar-refractivity contribution in [2.75, 3.05) is 11.9 Å². The molecule has 1 heterocycles. The van der Waals surface area contributed by atoms with Crippen LogP contribution in [-0.2, 0) is 6.54 Å². The van der Waals surface area contributed by atoms with Crippen molar-refractivity contribution in [2.45, 2.75) is 20.4 Å². The molecule has 0 amide bonds. The zero-order valence-corrected chi connectivity index (χ0v) is 11.3. The molecule has 1 aromatic heterocycles. The van der Waals surface area contributed by atoms with Crippen molar-refractivity contribution >= 4 is 5.95 Å². The van der Waals surface area contributed by atoms with Crippen molar-refractivity contribution in [3.8, 4) is 5.88 Å². The maximum atomic E-state index is 13.5. The summed E-state index contributed by atoms with van der Waals surface area (Å²) in [6.45, 7) is 4.34. The molecule has 0 aliphatic carbocycles. The molecule has 20 heavy (non-hydrogen) atoms. The minimum Gasteiger partial charge on any atom is -0.478 e. The molecule has 0 saturated heterocycles. The Labute approximate surface area is 115 Å². The molecule has 0 bridgehead atoms. The average Bonchev–Trinajstić information content (AvgIpc) is 2.37. The van der Waals surface area contributed by atoms with Crippen molar-refractivity contribution < 1.29 is 13.5 Å². The van der Waals surface area contributed by atoms with Crippen LogP contribution >= 0.6 is 0 Å². The maximum Gasteiger partial charge on any atom is 0.226 e. The summed E-state index contributed by atoms with van der Waals surface area (Å²) in [5.41, 5.74) is 1.08. The second-order valence-corrected chi connectivity index (χ2v) is 4.19. The summed E-state index contributed by atoms with van der Waals surface area (Å²) in [5, 5.41) is 2.90. The number of anilines is 1. The van der Waals surface area contributed by atoms with Crippen LogP contribution < -0.4 is 10.1 Å². The predicted molar refractivity (Wildman–Crippen MR) is 71.6 cm³/mol. The van der Waals surface area contributed by atoms with E-state index in [-0.39, 0.29) is 6.54 Å². The van der Waals surface area contributed by atoms with Crippen molar-refractivity contribution in [3.05, 3.63) is 47.2 Å². The smallest absolute Gasteiger partial charge is 0.226 e. The van der Waals surface area contributed by atoms with Gasteiger partial charge in [-0.05, 0) is 19.9 Å². The minimum absolute atomic E-state index is 0.168. The fourth-order valence-electron chi connectivity index (χ4n) is 1.68. The first kappa shape index (κ1) is 14.2. The molecule has 6 heteroatoms. The molecule has 1 N–H and O–H groups in total. The Bertz CT molecular complexity index is 605. The summed E-state index contributed by atoms with van der Waals surface area (Å²) in [6, 6.07) is 5.16. The monoisotopic (exact) mass is 279 g/mol. The van der Waals surface area contributed by atoms with Crippen LogP contribution in [0.4, 0.5) is 14.7 Å². The molecule has 106 valence electrons. The summed E-state index contributed by atoms with van der Waals surface area (Å²) in [6.07, 6.45) is 0. The normalized spacial score (nSPS) is 10.4. The molecular formula is C14H15F2N3O. The highest BCUT2D eigenvalue weighted by Gasteiger charge is 2.06. The average molecular weight is 279 g/mol. The lowest BCUT2D eigenvalue weighted by Gasteiger charge is -2.09. The van der Waals surface area contributed by atoms with Gasteiger partial charge in [0.25, 0.3) is 0 Å². The Morgan fingerprint density at radius 2 is 2.00 bits per heavy atom. The van der Waals surface area contributed by atoms with E-state index >= 15 is 0 Å². The molecule has 0 unspecified atom stereocenters. The molecule has 0 fully saturated rings. The van der Waals surface area contributed by atoms with E-state index in [2.05, 4.69) is 15.3 Å². The first-order valence-corrected chi connectivity index (χ1v) is 6.24. The molecule has 0 spiro atoms. The van der Waals surface area contributed by atoms with Crippen LogP contribution in [0.2, 0.25) is 0 Å². The highest BCUT2D eigenvalue weighted by Crippen LogP contribution is 2.14. The van der Waals surface area contributed by atoms with Gasteiger partial charge in [0.2, 0.25) is 11.8 Å². The van der Waals surface area contributed by atoms with Crippen LogP contribution in [0.3, 0.4) is 0 Å². The Kier molecular flexibility index (Phi) is 4.45. The highest BCUT2D eigenvalue weighted by molar-refractivity contribution is 5.32. The quantitative estimate of drug-likeness (QED) is 0.913. The van der Waals surface area contributed by atoms with E-state index in [0.717, 1.165) is 11.8 Å². The third-order valence-corrected chi connectivity index (χ3v) is 2.57. The van der Waals surface area contributed by atoms with Crippen molar-refractivity contribution in [1.82, 2.24) is 9.97 Å². The van der Waals surface area contributed by atoms with E-state index in [9.17, 15) is 8.78 Å². The van der Waals surface area contributed by atoms with Gasteiger partial charge in [0.1, 0.15) is 11.6 Å². The second-order valence-electron chi connectivity index (χ2n) is 4.19. The summed E-state index contributed by atoms with van der Waals surface area (Å²) >= 11 is 0. The van der Waals surface area contributed by atoms with Crippen LogP contribution in [0.25, 0.3) is 0 Å². The molecule has 0 saturated carbocycles. The fraction of sp³-hybridized carbons (Fsp3) is 0.286. The van der Waals surface area contributed by atoms with Crippen LogP contribution in [0.15, 0.2) is 24.3 Å². The number of aryl methyl sites for hydroxylation is 1. The number of nitrogens with one attached hydrogen (secondary N) is 1. The SMILES string of the molecule is CCOc1cc(C)nc(NCc2ccc(F)cc2F)n1. The molecule has 1 aromatic carbocycles. The second kappa shape index (κ2) is 6.27. The van der Waals surface area contributed by atoms with E-state index < -0.39 is 11.6 Å². The lowest BCUT2D eigenvalue weighted by molar-refractivity contribution is 0.326. The van der Waals surface area contributed by atoms with Crippen LogP contribution in [-0.4, -0.2) is 16.6 Å². The summed E-state index contributed by atoms with van der Waals surface area (Å²) in [5.74, 6) is -0.397. The Balaban J connectivity index is 2.10. The Morgan fingerprint density at radius 3 is 2.70 bits per heavy atom. The topological polar surface area (TPSA) is 47.0 Å². The molecule has 0 aliphatic heterocycles. The number of hydrogen-bond donors (Lipinski definition) is 1. The van der Waals surface area contributed by atoms with Gasteiger partial charge in [-0.3, -0.25) is 0 Å². The van der Waals surface area contributed by atoms with E-state index in [1.807, 2.05) is 13.8 Å².